The molecule has 0 spiro atoms. The number of hydrogen-bond acceptors (Lipinski definition) is 8. The van der Waals surface area contributed by atoms with Crippen LogP contribution in [0.15, 0.2) is 107 Å². The maximum absolute atomic E-state index is 15.1. The summed E-state index contributed by atoms with van der Waals surface area (Å²) in [4.78, 5) is -0.903. The van der Waals surface area contributed by atoms with Crippen LogP contribution in [0.5, 0.6) is 0 Å². The second-order valence-corrected chi connectivity index (χ2v) is 26.9. The summed E-state index contributed by atoms with van der Waals surface area (Å²) in [6, 6.07) is 9.62. The van der Waals surface area contributed by atoms with Crippen LogP contribution in [-0.4, -0.2) is 67.6 Å². The number of rotatable bonds is 9. The maximum Gasteiger partial charge on any atom is 0.416 e. The zero-order chi connectivity index (χ0) is 52.3. The Morgan fingerprint density at radius 3 is 1.51 bits per heavy atom. The van der Waals surface area contributed by atoms with Gasteiger partial charge in [0.05, 0.1) is 31.9 Å². The van der Waals surface area contributed by atoms with Crippen molar-refractivity contribution >= 4 is 80.2 Å². The Labute approximate surface area is 445 Å². The normalized spacial score (nSPS) is 26.7. The predicted octanol–water partition coefficient (Wildman–Crippen LogP) is 10.3. The molecule has 2 heterocycles. The van der Waals surface area contributed by atoms with Crippen LogP contribution in [0.25, 0.3) is 0 Å². The molecule has 1 N–H and O–H groups in total. The van der Waals surface area contributed by atoms with Gasteiger partial charge in [0, 0.05) is 29.8 Å². The van der Waals surface area contributed by atoms with Crippen molar-refractivity contribution in [3.63, 3.8) is 0 Å². The molecule has 2 aliphatic carbocycles. The first-order chi connectivity index (χ1) is 32.9. The number of fused-ring (bicyclic) bond motifs is 2. The number of benzene rings is 4. The van der Waals surface area contributed by atoms with Gasteiger partial charge in [-0.1, -0.05) is 13.0 Å². The minimum absolute atomic E-state index is 0. The van der Waals surface area contributed by atoms with Gasteiger partial charge in [0.25, 0.3) is 0 Å². The third-order valence-electron chi connectivity index (χ3n) is 14.4. The Morgan fingerprint density at radius 2 is 1.09 bits per heavy atom. The Bertz CT molecular complexity index is 3130. The maximum atomic E-state index is 15.1. The second-order valence-electron chi connectivity index (χ2n) is 18.4. The summed E-state index contributed by atoms with van der Waals surface area (Å²) in [5, 5.41) is -0.773. The van der Waals surface area contributed by atoms with Crippen molar-refractivity contribution in [3.8, 4) is 0 Å². The number of hydrogen-bond donors (Lipinski definition) is 1. The monoisotopic (exact) mass is 1190 g/mol. The second kappa shape index (κ2) is 23.0. The fourth-order valence-corrected chi connectivity index (χ4v) is 19.0. The predicted molar refractivity (Wildman–Crippen MR) is 273 cm³/mol. The van der Waals surface area contributed by atoms with E-state index in [4.69, 9.17) is 0 Å². The summed E-state index contributed by atoms with van der Waals surface area (Å²) in [7, 11) is -16.3. The summed E-state index contributed by atoms with van der Waals surface area (Å²) in [6.07, 6.45) is -8.25. The number of sulfonamides is 2. The smallest absolute Gasteiger partial charge is 0.223 e. The molecule has 0 aromatic heterocycles. The van der Waals surface area contributed by atoms with Gasteiger partial charge < -0.3 is 0 Å². The van der Waals surface area contributed by atoms with E-state index in [1.54, 1.807) is 6.92 Å². The largest absolute Gasteiger partial charge is 0.416 e. The lowest BCUT2D eigenvalue weighted by Crippen LogP contribution is -2.57. The van der Waals surface area contributed by atoms with Gasteiger partial charge in [-0.25, -0.2) is 56.0 Å². The molecule has 0 amide bonds. The molecule has 412 valence electrons. The van der Waals surface area contributed by atoms with Crippen LogP contribution >= 0.6 is 40.5 Å². The Balaban J connectivity index is 0.000000308. The van der Waals surface area contributed by atoms with Crippen molar-refractivity contribution in [1.29, 1.82) is 0 Å². The number of sulfone groups is 2. The lowest BCUT2D eigenvalue weighted by atomic mass is 9.72. The standard InChI is InChI=1S/C24H24F5NO4S2.C23H24F5NO4S2.3H2S/c1-2-12-30-22-9-11-23(15-16(22)10-13-35(30,31)32,20-14-18(25)5-8-21(20)26)36(33,34)19-6-3-17(4-7-19)24(27,28)29;1-2-17-11-14-13-22(10-9-21(14)29-35(17,32)33,19-12-16(24)5-8-20(19)25)34(30,31)18-6-3-15(4-7-18)23(26,27)28;;;/h2-8,14,16,22H,1,9-13,15H2;3-8,12,14,17,21,29H,2,9-11,13H2,1H3;3*1H2/t16-,22+,23-;14-,17+,21+,22-;;;/m11.../s1. The molecule has 8 rings (SSSR count). The fourth-order valence-electron chi connectivity index (χ4n) is 10.9. The van der Waals surface area contributed by atoms with Crippen LogP contribution < -0.4 is 4.72 Å². The molecular weight excluding hydrogens is 1130 g/mol. The molecule has 74 heavy (non-hydrogen) atoms. The molecule has 0 unspecified atom stereocenters. The van der Waals surface area contributed by atoms with E-state index in [-0.39, 0.29) is 111 Å². The summed E-state index contributed by atoms with van der Waals surface area (Å²) in [6.45, 7) is 5.30. The minimum Gasteiger partial charge on any atom is -0.223 e. The molecule has 27 heteroatoms. The van der Waals surface area contributed by atoms with Gasteiger partial charge in [0.15, 0.2) is 19.7 Å². The average Bonchev–Trinajstić information content (AvgIpc) is 3.30. The van der Waals surface area contributed by atoms with E-state index in [2.05, 4.69) is 11.3 Å². The number of nitrogens with one attached hydrogen (secondary N) is 1. The van der Waals surface area contributed by atoms with Gasteiger partial charge in [-0.3, -0.25) is 0 Å². The molecule has 7 atom stereocenters. The molecule has 4 fully saturated rings. The van der Waals surface area contributed by atoms with Crippen molar-refractivity contribution in [1.82, 2.24) is 9.03 Å². The molecule has 2 saturated carbocycles. The first-order valence-corrected chi connectivity index (χ1v) is 28.4. The van der Waals surface area contributed by atoms with E-state index in [0.29, 0.717) is 24.3 Å². The van der Waals surface area contributed by atoms with E-state index in [0.717, 1.165) is 60.7 Å². The van der Waals surface area contributed by atoms with Crippen molar-refractivity contribution < 1.29 is 77.6 Å². The molecule has 0 radical (unpaired) electrons. The summed E-state index contributed by atoms with van der Waals surface area (Å²) >= 11 is 0. The van der Waals surface area contributed by atoms with E-state index in [1.165, 1.54) is 10.4 Å². The molecule has 4 aromatic carbocycles. The van der Waals surface area contributed by atoms with Gasteiger partial charge >= 0.3 is 12.4 Å². The summed E-state index contributed by atoms with van der Waals surface area (Å²) < 4.78 is 243. The fraction of sp³-hybridized carbons (Fsp3) is 0.447. The highest BCUT2D eigenvalue weighted by molar-refractivity contribution is 7.93. The molecule has 4 aliphatic rings. The quantitative estimate of drug-likeness (QED) is 0.128. The Morgan fingerprint density at radius 1 is 0.662 bits per heavy atom. The van der Waals surface area contributed by atoms with E-state index in [1.807, 2.05) is 0 Å². The lowest BCUT2D eigenvalue weighted by Gasteiger charge is -2.49. The van der Waals surface area contributed by atoms with Gasteiger partial charge in [-0.05, 0) is 155 Å². The van der Waals surface area contributed by atoms with Crippen molar-refractivity contribution in [2.45, 2.75) is 114 Å². The molecular formula is C47H54F10N2O8S7. The third-order valence-corrected chi connectivity index (χ3v) is 23.4. The van der Waals surface area contributed by atoms with Crippen LogP contribution in [0.4, 0.5) is 43.9 Å². The SMILES string of the molecule is C=CCN1[C@H]2CC[C@@](c3cc(F)ccc3F)(S(=O)(=O)c3ccc(C(F)(F)F)cc3)C[C@H]2CCS1(=O)=O.CC[C@H]1C[C@@H]2C[C@](c3cc(F)ccc3F)(S(=O)(=O)c3ccc(C(F)(F)F)cc3)CC[C@@H]2NS1(=O)=O.S.S.S. The Kier molecular flexibility index (Phi) is 19.6. The van der Waals surface area contributed by atoms with Gasteiger partial charge in [-0.2, -0.15) is 71.1 Å². The third kappa shape index (κ3) is 11.9. The highest BCUT2D eigenvalue weighted by atomic mass is 32.2. The summed E-state index contributed by atoms with van der Waals surface area (Å²) in [5.74, 6) is -4.89. The average molecular weight is 1190 g/mol. The van der Waals surface area contributed by atoms with Crippen molar-refractivity contribution in [2.75, 3.05) is 12.3 Å². The van der Waals surface area contributed by atoms with Gasteiger partial charge in [-0.15, -0.1) is 6.58 Å². The van der Waals surface area contributed by atoms with Gasteiger partial charge in [0.1, 0.15) is 32.8 Å². The van der Waals surface area contributed by atoms with Crippen LogP contribution in [-0.2, 0) is 61.6 Å². The van der Waals surface area contributed by atoms with Crippen molar-refractivity contribution in [3.05, 3.63) is 143 Å². The first kappa shape index (κ1) is 63.2. The zero-order valence-electron chi connectivity index (χ0n) is 39.2. The number of alkyl halides is 6. The molecule has 2 aliphatic heterocycles. The molecule has 0 bridgehead atoms. The molecule has 10 nitrogen and oxygen atoms in total. The highest BCUT2D eigenvalue weighted by Gasteiger charge is 2.57. The molecule has 4 aromatic rings. The van der Waals surface area contributed by atoms with Crippen LogP contribution in [0, 0.1) is 35.1 Å². The van der Waals surface area contributed by atoms with Crippen molar-refractivity contribution in [2.24, 2.45) is 11.8 Å². The lowest BCUT2D eigenvalue weighted by molar-refractivity contribution is -0.138. The molecule has 2 saturated heterocycles. The van der Waals surface area contributed by atoms with Crippen LogP contribution in [0.2, 0.25) is 0 Å². The van der Waals surface area contributed by atoms with E-state index >= 15 is 8.78 Å². The van der Waals surface area contributed by atoms with E-state index < -0.39 is 146 Å². The number of nitrogens with zero attached hydrogens (tertiary/aromatic N) is 1. The van der Waals surface area contributed by atoms with Gasteiger partial charge in [0.2, 0.25) is 20.0 Å². The van der Waals surface area contributed by atoms with Crippen LogP contribution in [0.3, 0.4) is 0 Å². The topological polar surface area (TPSA) is 152 Å². The highest BCUT2D eigenvalue weighted by Crippen LogP contribution is 2.54. The zero-order valence-corrected chi connectivity index (χ0v) is 45.4. The van der Waals surface area contributed by atoms with E-state index in [9.17, 15) is 68.8 Å². The summed E-state index contributed by atoms with van der Waals surface area (Å²) in [5.41, 5.74) is -2.91. The minimum atomic E-state index is -4.69. The first-order valence-electron chi connectivity index (χ1n) is 22.3. The Hall–Kier alpha value is -3.31. The van der Waals surface area contributed by atoms with Crippen LogP contribution in [0.1, 0.15) is 87.0 Å². The number of halogens is 10.